The molecule has 0 unspecified atom stereocenters. The number of nitrogens with two attached hydrogens (primary N) is 1. The molecule has 3 N–H and O–H groups in total. The van der Waals surface area contributed by atoms with Gasteiger partial charge in [-0.1, -0.05) is 29.8 Å². The maximum Gasteiger partial charge on any atom is 0.270 e. The normalized spacial score (nSPS) is 10.6. The number of anilines is 1. The standard InChI is InChI=1S/C17H17N5OS/c1-10-4-3-5-12(6-10)8-19-15(23)13-7-14(22-17(18)21-13)16-20-11(2)9-24-16/h3-7,9H,8H2,1-2H3,(H,19,23)(H2,18,21,22). The summed E-state index contributed by atoms with van der Waals surface area (Å²) in [4.78, 5) is 24.9. The number of hydrogen-bond acceptors (Lipinski definition) is 6. The number of nitrogens with zero attached hydrogens (tertiary/aromatic N) is 3. The molecule has 3 aromatic rings. The fourth-order valence-electron chi connectivity index (χ4n) is 2.26. The summed E-state index contributed by atoms with van der Waals surface area (Å²) < 4.78 is 0. The molecular formula is C17H17N5OS. The fourth-order valence-corrected chi connectivity index (χ4v) is 3.02. The maximum atomic E-state index is 12.4. The second-order valence-electron chi connectivity index (χ2n) is 5.46. The first-order chi connectivity index (χ1) is 11.5. The number of carbonyl (C=O) groups excluding carboxylic acids is 1. The summed E-state index contributed by atoms with van der Waals surface area (Å²) >= 11 is 1.45. The number of nitrogen functional groups attached to an aromatic ring is 1. The van der Waals surface area contributed by atoms with E-state index in [-0.39, 0.29) is 17.5 Å². The Kier molecular flexibility index (Phi) is 4.52. The summed E-state index contributed by atoms with van der Waals surface area (Å²) in [5, 5.41) is 5.49. The number of aromatic nitrogens is 3. The first-order valence-corrected chi connectivity index (χ1v) is 8.30. The molecule has 3 rings (SSSR count). The molecular weight excluding hydrogens is 322 g/mol. The summed E-state index contributed by atoms with van der Waals surface area (Å²) in [6.45, 7) is 4.34. The first kappa shape index (κ1) is 16.1. The highest BCUT2D eigenvalue weighted by Gasteiger charge is 2.13. The van der Waals surface area contributed by atoms with E-state index in [1.807, 2.05) is 43.5 Å². The molecule has 2 aromatic heterocycles. The van der Waals surface area contributed by atoms with E-state index in [4.69, 9.17) is 5.73 Å². The molecule has 0 saturated carbocycles. The van der Waals surface area contributed by atoms with Crippen LogP contribution in [0.2, 0.25) is 0 Å². The highest BCUT2D eigenvalue weighted by molar-refractivity contribution is 7.13. The summed E-state index contributed by atoms with van der Waals surface area (Å²) in [5.41, 5.74) is 9.61. The molecule has 0 atom stereocenters. The van der Waals surface area contributed by atoms with Crippen molar-refractivity contribution in [2.24, 2.45) is 0 Å². The molecule has 0 bridgehead atoms. The van der Waals surface area contributed by atoms with Crippen molar-refractivity contribution in [1.29, 1.82) is 0 Å². The van der Waals surface area contributed by atoms with Crippen molar-refractivity contribution in [3.8, 4) is 10.7 Å². The van der Waals surface area contributed by atoms with Gasteiger partial charge in [-0.05, 0) is 25.5 Å². The second-order valence-corrected chi connectivity index (χ2v) is 6.32. The summed E-state index contributed by atoms with van der Waals surface area (Å²) in [5.74, 6) is -0.235. The zero-order valence-electron chi connectivity index (χ0n) is 13.4. The Labute approximate surface area is 143 Å². The third-order valence-electron chi connectivity index (χ3n) is 3.35. The zero-order chi connectivity index (χ0) is 17.1. The molecule has 0 radical (unpaired) electrons. The van der Waals surface area contributed by atoms with E-state index in [0.717, 1.165) is 16.8 Å². The average Bonchev–Trinajstić information content (AvgIpc) is 2.99. The second kappa shape index (κ2) is 6.76. The Morgan fingerprint density at radius 2 is 2.04 bits per heavy atom. The number of carbonyl (C=O) groups is 1. The molecule has 0 saturated heterocycles. The van der Waals surface area contributed by atoms with Crippen LogP contribution in [0, 0.1) is 13.8 Å². The number of nitrogens with one attached hydrogen (secondary N) is 1. The van der Waals surface area contributed by atoms with Crippen LogP contribution in [0.25, 0.3) is 10.7 Å². The Balaban J connectivity index is 1.78. The molecule has 2 heterocycles. The third kappa shape index (κ3) is 3.75. The van der Waals surface area contributed by atoms with Crippen LogP contribution in [0.3, 0.4) is 0 Å². The van der Waals surface area contributed by atoms with Crippen molar-refractivity contribution in [3.63, 3.8) is 0 Å². The predicted molar refractivity (Wildman–Crippen MR) is 94.6 cm³/mol. The molecule has 0 aliphatic heterocycles. The van der Waals surface area contributed by atoms with Crippen LogP contribution in [-0.2, 0) is 6.54 Å². The van der Waals surface area contributed by atoms with Gasteiger partial charge in [-0.3, -0.25) is 4.79 Å². The Morgan fingerprint density at radius 1 is 1.21 bits per heavy atom. The molecule has 0 fully saturated rings. The summed E-state index contributed by atoms with van der Waals surface area (Å²) in [7, 11) is 0. The topological polar surface area (TPSA) is 93.8 Å². The summed E-state index contributed by atoms with van der Waals surface area (Å²) in [6.07, 6.45) is 0. The van der Waals surface area contributed by atoms with E-state index >= 15 is 0 Å². The highest BCUT2D eigenvalue weighted by Crippen LogP contribution is 2.22. The van der Waals surface area contributed by atoms with Crippen LogP contribution in [0.5, 0.6) is 0 Å². The van der Waals surface area contributed by atoms with Crippen molar-refractivity contribution < 1.29 is 4.79 Å². The third-order valence-corrected chi connectivity index (χ3v) is 4.33. The van der Waals surface area contributed by atoms with Crippen molar-refractivity contribution in [2.45, 2.75) is 20.4 Å². The Hall–Kier alpha value is -2.80. The van der Waals surface area contributed by atoms with Crippen LogP contribution in [0.4, 0.5) is 5.95 Å². The van der Waals surface area contributed by atoms with E-state index in [9.17, 15) is 4.79 Å². The quantitative estimate of drug-likeness (QED) is 0.762. The highest BCUT2D eigenvalue weighted by atomic mass is 32.1. The van der Waals surface area contributed by atoms with Gasteiger partial charge in [0.15, 0.2) is 0 Å². The molecule has 1 amide bonds. The molecule has 1 aromatic carbocycles. The van der Waals surface area contributed by atoms with Gasteiger partial charge in [-0.25, -0.2) is 15.0 Å². The smallest absolute Gasteiger partial charge is 0.270 e. The van der Waals surface area contributed by atoms with Crippen molar-refractivity contribution >= 4 is 23.2 Å². The monoisotopic (exact) mass is 339 g/mol. The van der Waals surface area contributed by atoms with Crippen LogP contribution >= 0.6 is 11.3 Å². The zero-order valence-corrected chi connectivity index (χ0v) is 14.2. The SMILES string of the molecule is Cc1cccc(CNC(=O)c2cc(-c3nc(C)cs3)nc(N)n2)c1. The minimum atomic E-state index is -0.292. The molecule has 7 heteroatoms. The molecule has 6 nitrogen and oxygen atoms in total. The van der Waals surface area contributed by atoms with Crippen LogP contribution < -0.4 is 11.1 Å². The van der Waals surface area contributed by atoms with Crippen LogP contribution in [0.1, 0.15) is 27.3 Å². The number of amides is 1. The van der Waals surface area contributed by atoms with Gasteiger partial charge in [-0.15, -0.1) is 11.3 Å². The van der Waals surface area contributed by atoms with Crippen LogP contribution in [-0.4, -0.2) is 20.9 Å². The molecule has 24 heavy (non-hydrogen) atoms. The molecule has 0 aliphatic carbocycles. The maximum absolute atomic E-state index is 12.4. The lowest BCUT2D eigenvalue weighted by atomic mass is 10.1. The van der Waals surface area contributed by atoms with Gasteiger partial charge < -0.3 is 11.1 Å². The Bertz CT molecular complexity index is 890. The Morgan fingerprint density at radius 3 is 2.75 bits per heavy atom. The van der Waals surface area contributed by atoms with Gasteiger partial charge in [0.25, 0.3) is 5.91 Å². The van der Waals surface area contributed by atoms with Gasteiger partial charge in [0.1, 0.15) is 16.4 Å². The van der Waals surface area contributed by atoms with Crippen molar-refractivity contribution in [2.75, 3.05) is 5.73 Å². The molecule has 0 spiro atoms. The largest absolute Gasteiger partial charge is 0.368 e. The number of aryl methyl sites for hydroxylation is 2. The van der Waals surface area contributed by atoms with Crippen molar-refractivity contribution in [3.05, 3.63) is 58.2 Å². The van der Waals surface area contributed by atoms with Gasteiger partial charge in [0.2, 0.25) is 5.95 Å². The van der Waals surface area contributed by atoms with E-state index in [1.165, 1.54) is 11.3 Å². The van der Waals surface area contributed by atoms with E-state index < -0.39 is 0 Å². The number of benzene rings is 1. The van der Waals surface area contributed by atoms with Gasteiger partial charge in [0.05, 0.1) is 0 Å². The lowest BCUT2D eigenvalue weighted by molar-refractivity contribution is 0.0946. The summed E-state index contributed by atoms with van der Waals surface area (Å²) in [6, 6.07) is 9.57. The number of thiazole rings is 1. The van der Waals surface area contributed by atoms with Gasteiger partial charge >= 0.3 is 0 Å². The number of rotatable bonds is 4. The van der Waals surface area contributed by atoms with E-state index in [2.05, 4.69) is 20.3 Å². The average molecular weight is 339 g/mol. The first-order valence-electron chi connectivity index (χ1n) is 7.42. The predicted octanol–water partition coefficient (Wildman–Crippen LogP) is 2.73. The number of hydrogen-bond donors (Lipinski definition) is 2. The van der Waals surface area contributed by atoms with Gasteiger partial charge in [-0.2, -0.15) is 0 Å². The fraction of sp³-hybridized carbons (Fsp3) is 0.176. The minimum absolute atomic E-state index is 0.0565. The lowest BCUT2D eigenvalue weighted by Gasteiger charge is -2.07. The molecule has 122 valence electrons. The van der Waals surface area contributed by atoms with E-state index in [1.54, 1.807) is 6.07 Å². The minimum Gasteiger partial charge on any atom is -0.368 e. The van der Waals surface area contributed by atoms with Crippen LogP contribution in [0.15, 0.2) is 35.7 Å². The van der Waals surface area contributed by atoms with E-state index in [0.29, 0.717) is 17.2 Å². The van der Waals surface area contributed by atoms with Crippen molar-refractivity contribution in [1.82, 2.24) is 20.3 Å². The van der Waals surface area contributed by atoms with Gasteiger partial charge in [0, 0.05) is 17.6 Å². The lowest BCUT2D eigenvalue weighted by Crippen LogP contribution is -2.24. The molecule has 0 aliphatic rings.